The van der Waals surface area contributed by atoms with Crippen molar-refractivity contribution in [3.63, 3.8) is 0 Å². The smallest absolute Gasteiger partial charge is 0.247 e. The number of nitrogens with two attached hydrogens (primary N) is 1. The lowest BCUT2D eigenvalue weighted by Gasteiger charge is -2.33. The predicted molar refractivity (Wildman–Crippen MR) is 76.5 cm³/mol. The molecule has 0 aromatic heterocycles. The van der Waals surface area contributed by atoms with Crippen LogP contribution in [0.5, 0.6) is 0 Å². The van der Waals surface area contributed by atoms with Gasteiger partial charge in [0.2, 0.25) is 10.0 Å². The maximum absolute atomic E-state index is 13.8. The number of halogens is 2. The number of benzene rings is 1. The van der Waals surface area contributed by atoms with Crippen molar-refractivity contribution in [3.05, 3.63) is 29.0 Å². The molecule has 0 radical (unpaired) electrons. The SMILES string of the molecule is CC(N)C1CCN(S(=O)(=O)c2c(F)cccc2Cl)CC1. The molecule has 1 aromatic carbocycles. The third-order valence-electron chi connectivity index (χ3n) is 3.76. The first-order valence-corrected chi connectivity index (χ1v) is 8.35. The summed E-state index contributed by atoms with van der Waals surface area (Å²) in [6, 6.07) is 3.91. The van der Waals surface area contributed by atoms with E-state index in [0.717, 1.165) is 6.07 Å². The Bertz CT molecular complexity index is 564. The number of piperidine rings is 1. The van der Waals surface area contributed by atoms with E-state index in [-0.39, 0.29) is 11.1 Å². The van der Waals surface area contributed by atoms with Gasteiger partial charge in [0.1, 0.15) is 10.7 Å². The van der Waals surface area contributed by atoms with Crippen LogP contribution in [0.4, 0.5) is 4.39 Å². The van der Waals surface area contributed by atoms with Crippen molar-refractivity contribution < 1.29 is 12.8 Å². The van der Waals surface area contributed by atoms with Crippen molar-refractivity contribution in [2.24, 2.45) is 11.7 Å². The zero-order valence-electron chi connectivity index (χ0n) is 11.2. The molecule has 1 aliphatic rings. The molecule has 2 N–H and O–H groups in total. The molecule has 112 valence electrons. The fourth-order valence-corrected chi connectivity index (χ4v) is 4.53. The van der Waals surface area contributed by atoms with Crippen LogP contribution in [0.25, 0.3) is 0 Å². The van der Waals surface area contributed by atoms with Crippen LogP contribution in [0.3, 0.4) is 0 Å². The van der Waals surface area contributed by atoms with E-state index in [1.807, 2.05) is 6.92 Å². The van der Waals surface area contributed by atoms with Crippen LogP contribution in [0.15, 0.2) is 23.1 Å². The summed E-state index contributed by atoms with van der Waals surface area (Å²) in [5.41, 5.74) is 5.83. The van der Waals surface area contributed by atoms with Crippen molar-refractivity contribution in [2.45, 2.75) is 30.7 Å². The highest BCUT2D eigenvalue weighted by Crippen LogP contribution is 2.30. The minimum atomic E-state index is -3.89. The van der Waals surface area contributed by atoms with E-state index in [9.17, 15) is 12.8 Å². The molecule has 0 aliphatic carbocycles. The van der Waals surface area contributed by atoms with Gasteiger partial charge in [-0.2, -0.15) is 4.31 Å². The maximum Gasteiger partial charge on any atom is 0.247 e. The number of hydrogen-bond donors (Lipinski definition) is 1. The van der Waals surface area contributed by atoms with Crippen LogP contribution in [0.2, 0.25) is 5.02 Å². The molecular weight excluding hydrogens is 303 g/mol. The summed E-state index contributed by atoms with van der Waals surface area (Å²) in [7, 11) is -3.89. The monoisotopic (exact) mass is 320 g/mol. The first kappa shape index (κ1) is 15.7. The van der Waals surface area contributed by atoms with Gasteiger partial charge in [-0.3, -0.25) is 0 Å². The molecule has 20 heavy (non-hydrogen) atoms. The van der Waals surface area contributed by atoms with Crippen LogP contribution in [-0.2, 0) is 10.0 Å². The molecule has 0 amide bonds. The Morgan fingerprint density at radius 1 is 1.40 bits per heavy atom. The number of nitrogens with zero attached hydrogens (tertiary/aromatic N) is 1. The third kappa shape index (κ3) is 2.98. The molecule has 1 fully saturated rings. The Balaban J connectivity index is 2.25. The first-order chi connectivity index (χ1) is 9.34. The molecule has 2 rings (SSSR count). The van der Waals surface area contributed by atoms with Gasteiger partial charge in [-0.1, -0.05) is 17.7 Å². The first-order valence-electron chi connectivity index (χ1n) is 6.53. The lowest BCUT2D eigenvalue weighted by molar-refractivity contribution is 0.250. The molecule has 1 atom stereocenters. The van der Waals surface area contributed by atoms with Gasteiger partial charge in [0.15, 0.2) is 0 Å². The van der Waals surface area contributed by atoms with Crippen molar-refractivity contribution in [2.75, 3.05) is 13.1 Å². The maximum atomic E-state index is 13.8. The van der Waals surface area contributed by atoms with Gasteiger partial charge in [0, 0.05) is 19.1 Å². The number of rotatable bonds is 3. The average Bonchev–Trinajstić information content (AvgIpc) is 2.38. The fourth-order valence-electron chi connectivity index (χ4n) is 2.50. The van der Waals surface area contributed by atoms with Crippen molar-refractivity contribution >= 4 is 21.6 Å². The minimum Gasteiger partial charge on any atom is -0.328 e. The molecule has 1 saturated heterocycles. The quantitative estimate of drug-likeness (QED) is 0.929. The largest absolute Gasteiger partial charge is 0.328 e. The van der Waals surface area contributed by atoms with E-state index in [2.05, 4.69) is 0 Å². The summed E-state index contributed by atoms with van der Waals surface area (Å²) in [5.74, 6) is -0.510. The van der Waals surface area contributed by atoms with Crippen molar-refractivity contribution in [3.8, 4) is 0 Å². The lowest BCUT2D eigenvalue weighted by atomic mass is 9.92. The van der Waals surface area contributed by atoms with Gasteiger partial charge in [0.25, 0.3) is 0 Å². The van der Waals surface area contributed by atoms with Crippen LogP contribution < -0.4 is 5.73 Å². The highest BCUT2D eigenvalue weighted by atomic mass is 35.5. The Morgan fingerprint density at radius 2 is 2.00 bits per heavy atom. The van der Waals surface area contributed by atoms with Gasteiger partial charge < -0.3 is 5.73 Å². The Morgan fingerprint density at radius 3 is 2.50 bits per heavy atom. The van der Waals surface area contributed by atoms with Crippen LogP contribution in [0, 0.1) is 11.7 Å². The molecule has 1 unspecified atom stereocenters. The van der Waals surface area contributed by atoms with Crippen LogP contribution in [0.1, 0.15) is 19.8 Å². The molecule has 1 aromatic rings. The van der Waals surface area contributed by atoms with Crippen LogP contribution >= 0.6 is 11.6 Å². The van der Waals surface area contributed by atoms with Gasteiger partial charge in [-0.25, -0.2) is 12.8 Å². The van der Waals surface area contributed by atoms with Gasteiger partial charge in [0.05, 0.1) is 5.02 Å². The zero-order chi connectivity index (χ0) is 14.9. The van der Waals surface area contributed by atoms with E-state index in [1.165, 1.54) is 16.4 Å². The summed E-state index contributed by atoms with van der Waals surface area (Å²) >= 11 is 5.85. The molecule has 1 heterocycles. The molecule has 1 aliphatic heterocycles. The predicted octanol–water partition coefficient (Wildman–Crippen LogP) is 2.23. The Hall–Kier alpha value is -0.690. The Kier molecular flexibility index (Phi) is 4.69. The molecular formula is C13H18ClFN2O2S. The average molecular weight is 321 g/mol. The zero-order valence-corrected chi connectivity index (χ0v) is 12.8. The number of hydrogen-bond acceptors (Lipinski definition) is 3. The summed E-state index contributed by atoms with van der Waals surface area (Å²) in [5, 5.41) is -0.0840. The topological polar surface area (TPSA) is 63.4 Å². The second kappa shape index (κ2) is 5.97. The highest BCUT2D eigenvalue weighted by molar-refractivity contribution is 7.89. The molecule has 0 spiro atoms. The van der Waals surface area contributed by atoms with E-state index >= 15 is 0 Å². The van der Waals surface area contributed by atoms with Gasteiger partial charge in [-0.15, -0.1) is 0 Å². The van der Waals surface area contributed by atoms with Crippen molar-refractivity contribution in [1.82, 2.24) is 4.31 Å². The fraction of sp³-hybridized carbons (Fsp3) is 0.538. The molecule has 7 heteroatoms. The second-order valence-corrected chi connectivity index (χ2v) is 7.43. The lowest BCUT2D eigenvalue weighted by Crippen LogP contribution is -2.42. The summed E-state index contributed by atoms with van der Waals surface area (Å²) in [6.45, 7) is 2.61. The standard InChI is InChI=1S/C13H18ClFN2O2S/c1-9(16)10-5-7-17(8-6-10)20(18,19)13-11(14)3-2-4-12(13)15/h2-4,9-10H,5-8,16H2,1H3. The molecule has 4 nitrogen and oxygen atoms in total. The minimum absolute atomic E-state index is 0.0388. The normalized spacial score (nSPS) is 20.0. The molecule has 0 bridgehead atoms. The highest BCUT2D eigenvalue weighted by Gasteiger charge is 2.33. The van der Waals surface area contributed by atoms with Crippen molar-refractivity contribution in [1.29, 1.82) is 0 Å². The summed E-state index contributed by atoms with van der Waals surface area (Å²) < 4.78 is 40.0. The second-order valence-electron chi connectivity index (χ2n) is 5.15. The number of sulfonamides is 1. The van der Waals surface area contributed by atoms with Gasteiger partial charge in [-0.05, 0) is 37.8 Å². The summed E-state index contributed by atoms with van der Waals surface area (Å²) in [6.07, 6.45) is 1.37. The third-order valence-corrected chi connectivity index (χ3v) is 6.16. The Labute approximate surface area is 123 Å². The van der Waals surface area contributed by atoms with Crippen LogP contribution in [-0.4, -0.2) is 31.9 Å². The van der Waals surface area contributed by atoms with E-state index in [4.69, 9.17) is 17.3 Å². The van der Waals surface area contributed by atoms with Gasteiger partial charge >= 0.3 is 0 Å². The van der Waals surface area contributed by atoms with E-state index < -0.39 is 20.7 Å². The molecule has 0 saturated carbocycles. The van der Waals surface area contributed by atoms with E-state index in [0.29, 0.717) is 31.8 Å². The van der Waals surface area contributed by atoms with E-state index in [1.54, 1.807) is 0 Å². The summed E-state index contributed by atoms with van der Waals surface area (Å²) in [4.78, 5) is -0.430.